The number of β-amino-alcohol motifs (C(OH)–C–C–N with tert-alkyl or cyclic N) is 1. The van der Waals surface area contributed by atoms with Crippen molar-refractivity contribution in [2.24, 2.45) is 11.5 Å². The summed E-state index contributed by atoms with van der Waals surface area (Å²) >= 11 is 0. The first-order valence-electron chi connectivity index (χ1n) is 15.7. The van der Waals surface area contributed by atoms with Crippen LogP contribution in [0.3, 0.4) is 0 Å². The molecule has 1 aromatic carbocycles. The van der Waals surface area contributed by atoms with Crippen molar-refractivity contribution in [3.63, 3.8) is 0 Å². The molecule has 12 N–H and O–H groups in total. The number of nitrogens with one attached hydrogen (secondary N) is 6. The van der Waals surface area contributed by atoms with Crippen LogP contribution in [0.4, 0.5) is 0 Å². The van der Waals surface area contributed by atoms with E-state index in [2.05, 4.69) is 31.9 Å². The Hall–Kier alpha value is -5.30. The molecule has 2 aliphatic heterocycles. The number of likely N-dealkylation sites (tertiary alicyclic amines) is 1. The van der Waals surface area contributed by atoms with Gasteiger partial charge in [-0.05, 0) is 44.0 Å². The lowest BCUT2D eigenvalue weighted by Crippen LogP contribution is -2.57. The van der Waals surface area contributed by atoms with Crippen molar-refractivity contribution in [3.05, 3.63) is 29.8 Å². The van der Waals surface area contributed by atoms with E-state index in [1.54, 1.807) is 12.1 Å². The third-order valence-electron chi connectivity index (χ3n) is 7.96. The summed E-state index contributed by atoms with van der Waals surface area (Å²) in [5.74, 6) is -6.20. The van der Waals surface area contributed by atoms with Crippen LogP contribution in [0, 0.1) is 0 Å². The van der Waals surface area contributed by atoms with Crippen molar-refractivity contribution in [2.45, 2.75) is 75.3 Å². The summed E-state index contributed by atoms with van der Waals surface area (Å²) < 4.78 is 0. The third kappa shape index (κ3) is 11.7. The molecule has 0 unspecified atom stereocenters. The zero-order valence-electron chi connectivity index (χ0n) is 26.9. The lowest BCUT2D eigenvalue weighted by atomic mass is 10.0. The molecule has 6 atom stereocenters. The summed E-state index contributed by atoms with van der Waals surface area (Å²) in [6.45, 7) is 0.607. The van der Waals surface area contributed by atoms with E-state index in [9.17, 15) is 48.6 Å². The molecule has 19 heteroatoms. The number of hydrogen-bond acceptors (Lipinski definition) is 11. The number of benzene rings is 1. The van der Waals surface area contributed by atoms with E-state index in [4.69, 9.17) is 11.5 Å². The van der Waals surface area contributed by atoms with Crippen molar-refractivity contribution in [3.8, 4) is 5.75 Å². The Balaban J connectivity index is 1.55. The number of amides is 8. The van der Waals surface area contributed by atoms with Crippen LogP contribution in [-0.4, -0.2) is 125 Å². The molecule has 8 amide bonds. The molecular weight excluding hydrogens is 646 g/mol. The van der Waals surface area contributed by atoms with Crippen LogP contribution in [0.1, 0.15) is 38.2 Å². The summed E-state index contributed by atoms with van der Waals surface area (Å²) in [6.07, 6.45) is -0.280. The SMILES string of the molecule is C[C@H](NC(=O)CNC(=O)[C@H](CC(N)=O)NC(=O)[C@H](Cc1ccc(O)cc1)NC(=O)[C@@H]1CCCN1)C(=O)NCC(=O)N1C[C@H](O)C[C@H]1C(N)=O. The predicted octanol–water partition coefficient (Wildman–Crippen LogP) is -5.28. The highest BCUT2D eigenvalue weighted by atomic mass is 16.3. The van der Waals surface area contributed by atoms with Gasteiger partial charge in [-0.1, -0.05) is 12.1 Å². The van der Waals surface area contributed by atoms with E-state index in [0.717, 1.165) is 11.3 Å². The Morgan fingerprint density at radius 2 is 1.59 bits per heavy atom. The fourth-order valence-electron chi connectivity index (χ4n) is 5.37. The van der Waals surface area contributed by atoms with Crippen molar-refractivity contribution in [1.82, 2.24) is 36.8 Å². The number of carbonyl (C=O) groups is 8. The average Bonchev–Trinajstić information content (AvgIpc) is 3.73. The Morgan fingerprint density at radius 3 is 2.20 bits per heavy atom. The number of nitrogens with two attached hydrogens (primary N) is 2. The number of phenols is 1. The van der Waals surface area contributed by atoms with Gasteiger partial charge in [0.15, 0.2) is 0 Å². The zero-order valence-corrected chi connectivity index (χ0v) is 26.9. The quantitative estimate of drug-likeness (QED) is 0.0782. The van der Waals surface area contributed by atoms with Crippen molar-refractivity contribution >= 4 is 47.3 Å². The highest BCUT2D eigenvalue weighted by Crippen LogP contribution is 2.17. The highest BCUT2D eigenvalue weighted by molar-refractivity contribution is 5.97. The van der Waals surface area contributed by atoms with Gasteiger partial charge in [-0.2, -0.15) is 0 Å². The largest absolute Gasteiger partial charge is 0.508 e. The Kier molecular flexibility index (Phi) is 13.8. The second-order valence-electron chi connectivity index (χ2n) is 11.9. The zero-order chi connectivity index (χ0) is 36.2. The first-order chi connectivity index (χ1) is 23.1. The molecular formula is C30H43N9O10. The molecule has 19 nitrogen and oxygen atoms in total. The van der Waals surface area contributed by atoms with E-state index in [1.807, 2.05) is 0 Å². The average molecular weight is 690 g/mol. The minimum Gasteiger partial charge on any atom is -0.508 e. The first-order valence-corrected chi connectivity index (χ1v) is 15.7. The van der Waals surface area contributed by atoms with E-state index in [1.165, 1.54) is 19.1 Å². The maximum atomic E-state index is 13.4. The van der Waals surface area contributed by atoms with E-state index in [0.29, 0.717) is 18.5 Å². The standard InChI is InChI=1S/C30H43N9O10/c1-15(27(46)35-13-25(44)39-14-18(41)10-22(39)26(32)45)36-24(43)12-34-28(47)21(11-23(31)42)38-30(49)20(9-16-4-6-17(40)7-5-16)37-29(48)19-3-2-8-33-19/h4-7,15,18-22,33,40-41H,2-3,8-14H2,1H3,(H2,31,42)(H2,32,45)(H,34,47)(H,35,46)(H,36,43)(H,37,48)(H,38,49)/t15-,18+,19-,20-,21-,22-/m0/s1. The van der Waals surface area contributed by atoms with Crippen LogP contribution >= 0.6 is 0 Å². The second-order valence-corrected chi connectivity index (χ2v) is 11.9. The Morgan fingerprint density at radius 1 is 0.918 bits per heavy atom. The van der Waals surface area contributed by atoms with Crippen LogP contribution in [0.5, 0.6) is 5.75 Å². The minimum absolute atomic E-state index is 0.00454. The van der Waals surface area contributed by atoms with Crippen molar-refractivity contribution < 1.29 is 48.6 Å². The van der Waals surface area contributed by atoms with Gasteiger partial charge in [0.25, 0.3) is 0 Å². The Bertz CT molecular complexity index is 1420. The van der Waals surface area contributed by atoms with Gasteiger partial charge in [0.2, 0.25) is 47.3 Å². The number of carbonyl (C=O) groups excluding carboxylic acids is 8. The van der Waals surface area contributed by atoms with Crippen molar-refractivity contribution in [1.29, 1.82) is 0 Å². The van der Waals surface area contributed by atoms with Gasteiger partial charge in [-0.25, -0.2) is 0 Å². The molecule has 2 aliphatic rings. The normalized spacial score (nSPS) is 20.3. The van der Waals surface area contributed by atoms with Crippen molar-refractivity contribution in [2.75, 3.05) is 26.2 Å². The number of primary amides is 2. The highest BCUT2D eigenvalue weighted by Gasteiger charge is 2.38. The second kappa shape index (κ2) is 17.7. The van der Waals surface area contributed by atoms with Crippen LogP contribution < -0.4 is 43.4 Å². The topological polar surface area (TPSA) is 304 Å². The van der Waals surface area contributed by atoms with Gasteiger partial charge in [0.05, 0.1) is 31.7 Å². The molecule has 1 aromatic rings. The van der Waals surface area contributed by atoms with E-state index >= 15 is 0 Å². The van der Waals surface area contributed by atoms with Gasteiger partial charge in [0, 0.05) is 19.4 Å². The number of phenolic OH excluding ortho intramolecular Hbond substituents is 1. The maximum Gasteiger partial charge on any atom is 0.243 e. The molecule has 0 bridgehead atoms. The van der Waals surface area contributed by atoms with Gasteiger partial charge in [-0.3, -0.25) is 38.4 Å². The van der Waals surface area contributed by atoms with Gasteiger partial charge in [-0.15, -0.1) is 0 Å². The predicted molar refractivity (Wildman–Crippen MR) is 169 cm³/mol. The number of nitrogens with zero attached hydrogens (tertiary/aromatic N) is 1. The molecule has 0 spiro atoms. The van der Waals surface area contributed by atoms with Crippen LogP contribution in [0.25, 0.3) is 0 Å². The molecule has 0 saturated carbocycles. The number of hydrogen-bond donors (Lipinski definition) is 10. The van der Waals surface area contributed by atoms with E-state index in [-0.39, 0.29) is 25.1 Å². The minimum atomic E-state index is -1.53. The van der Waals surface area contributed by atoms with Gasteiger partial charge >= 0.3 is 0 Å². The molecule has 2 heterocycles. The molecule has 49 heavy (non-hydrogen) atoms. The van der Waals surface area contributed by atoms with E-state index < -0.39 is 103 Å². The molecule has 3 rings (SSSR count). The molecule has 268 valence electrons. The van der Waals surface area contributed by atoms with Gasteiger partial charge in [0.1, 0.15) is 29.9 Å². The van der Waals surface area contributed by atoms with Crippen LogP contribution in [0.15, 0.2) is 24.3 Å². The number of rotatable bonds is 16. The maximum absolute atomic E-state index is 13.4. The lowest BCUT2D eigenvalue weighted by molar-refractivity contribution is -0.138. The third-order valence-corrected chi connectivity index (χ3v) is 7.96. The Labute approximate surface area is 281 Å². The summed E-state index contributed by atoms with van der Waals surface area (Å²) in [5.41, 5.74) is 11.2. The fraction of sp³-hybridized carbons (Fsp3) is 0.533. The number of aromatic hydroxyl groups is 1. The smallest absolute Gasteiger partial charge is 0.243 e. The molecule has 2 saturated heterocycles. The number of aliphatic hydroxyl groups excluding tert-OH is 1. The van der Waals surface area contributed by atoms with Crippen LogP contribution in [0.2, 0.25) is 0 Å². The summed E-state index contributed by atoms with van der Waals surface area (Å²) in [7, 11) is 0. The summed E-state index contributed by atoms with van der Waals surface area (Å²) in [6, 6.07) is 0.509. The lowest BCUT2D eigenvalue weighted by Gasteiger charge is -2.24. The molecule has 0 aromatic heterocycles. The monoisotopic (exact) mass is 689 g/mol. The fourth-order valence-corrected chi connectivity index (χ4v) is 5.37. The van der Waals surface area contributed by atoms with Crippen LogP contribution in [-0.2, 0) is 44.8 Å². The van der Waals surface area contributed by atoms with Gasteiger partial charge < -0.3 is 58.5 Å². The molecule has 0 aliphatic carbocycles. The summed E-state index contributed by atoms with van der Waals surface area (Å²) in [4.78, 5) is 101. The number of aliphatic hydroxyl groups is 1. The first kappa shape index (κ1) is 38.2. The summed E-state index contributed by atoms with van der Waals surface area (Å²) in [5, 5.41) is 34.4. The molecule has 2 fully saturated rings. The molecule has 0 radical (unpaired) electrons.